The van der Waals surface area contributed by atoms with Gasteiger partial charge in [0.2, 0.25) is 0 Å². The minimum Gasteiger partial charge on any atom is -0.397 e. The van der Waals surface area contributed by atoms with E-state index in [0.29, 0.717) is 17.9 Å². The monoisotopic (exact) mass is 281 g/mol. The molecule has 1 aromatic heterocycles. The number of carbonyl (C=O) groups is 1. The van der Waals surface area contributed by atoms with E-state index >= 15 is 0 Å². The molecular formula is C15H27N3O2. The number of hydrogen-bond donors (Lipinski definition) is 3. The molecule has 0 aromatic carbocycles. The molecule has 0 saturated heterocycles. The van der Waals surface area contributed by atoms with Gasteiger partial charge in [-0.1, -0.05) is 20.8 Å². The van der Waals surface area contributed by atoms with Crippen molar-refractivity contribution in [2.45, 2.75) is 46.6 Å². The fourth-order valence-electron chi connectivity index (χ4n) is 2.29. The Hall–Kier alpha value is -1.49. The maximum absolute atomic E-state index is 12.3. The molecule has 0 fully saturated rings. The largest absolute Gasteiger partial charge is 0.397 e. The number of nitrogens with zero attached hydrogens (tertiary/aromatic N) is 1. The molecule has 0 radical (unpaired) electrons. The van der Waals surface area contributed by atoms with Gasteiger partial charge in [0.15, 0.2) is 0 Å². The zero-order chi connectivity index (χ0) is 15.2. The Labute approximate surface area is 121 Å². The van der Waals surface area contributed by atoms with Crippen LogP contribution < -0.4 is 11.1 Å². The van der Waals surface area contributed by atoms with E-state index < -0.39 is 0 Å². The van der Waals surface area contributed by atoms with Gasteiger partial charge in [-0.15, -0.1) is 0 Å². The Morgan fingerprint density at radius 2 is 2.05 bits per heavy atom. The maximum Gasteiger partial charge on any atom is 0.268 e. The maximum atomic E-state index is 12.3. The summed E-state index contributed by atoms with van der Waals surface area (Å²) in [6.07, 6.45) is 4.40. The number of aryl methyl sites for hydroxylation is 1. The number of carbonyl (C=O) groups excluding carboxylic acids is 1. The standard InChI is InChI=1S/C15H27N3O2/c1-4-7-18-9-12(16)8-13(18)14(20)17-10-15(5-2,6-3)11-19/h8-9,19H,4-7,10-11,16H2,1-3H3,(H,17,20). The number of amides is 1. The summed E-state index contributed by atoms with van der Waals surface area (Å²) in [7, 11) is 0. The summed E-state index contributed by atoms with van der Waals surface area (Å²) in [5.41, 5.74) is 6.72. The molecular weight excluding hydrogens is 254 g/mol. The quantitative estimate of drug-likeness (QED) is 0.682. The third-order valence-corrected chi connectivity index (χ3v) is 4.07. The summed E-state index contributed by atoms with van der Waals surface area (Å²) in [6.45, 7) is 7.45. The lowest BCUT2D eigenvalue weighted by Gasteiger charge is -2.29. The highest BCUT2D eigenvalue weighted by Gasteiger charge is 2.26. The van der Waals surface area contributed by atoms with Gasteiger partial charge in [0.1, 0.15) is 5.69 Å². The van der Waals surface area contributed by atoms with Gasteiger partial charge in [0.25, 0.3) is 5.91 Å². The Morgan fingerprint density at radius 1 is 1.40 bits per heavy atom. The second kappa shape index (κ2) is 7.33. The van der Waals surface area contributed by atoms with Crippen molar-refractivity contribution in [1.82, 2.24) is 9.88 Å². The molecule has 0 bridgehead atoms. The predicted octanol–water partition coefficient (Wildman–Crippen LogP) is 2.01. The minimum absolute atomic E-state index is 0.0817. The fraction of sp³-hybridized carbons (Fsp3) is 0.667. The summed E-state index contributed by atoms with van der Waals surface area (Å²) in [5.74, 6) is -0.130. The molecule has 0 aliphatic heterocycles. The minimum atomic E-state index is -0.233. The summed E-state index contributed by atoms with van der Waals surface area (Å²) in [4.78, 5) is 12.3. The van der Waals surface area contributed by atoms with Crippen LogP contribution >= 0.6 is 0 Å². The lowest BCUT2D eigenvalue weighted by atomic mass is 9.83. The molecule has 0 saturated carbocycles. The Bertz CT molecular complexity index is 428. The van der Waals surface area contributed by atoms with Gasteiger partial charge in [-0.2, -0.15) is 0 Å². The first-order valence-electron chi connectivity index (χ1n) is 7.36. The average Bonchev–Trinajstić information content (AvgIpc) is 2.82. The molecule has 0 aliphatic rings. The van der Waals surface area contributed by atoms with Gasteiger partial charge in [-0.05, 0) is 25.3 Å². The molecule has 0 aliphatic carbocycles. The number of anilines is 1. The van der Waals surface area contributed by atoms with Gasteiger partial charge >= 0.3 is 0 Å². The van der Waals surface area contributed by atoms with Crippen molar-refractivity contribution in [3.8, 4) is 0 Å². The molecule has 1 aromatic rings. The van der Waals surface area contributed by atoms with Crippen LogP contribution in [0.3, 0.4) is 0 Å². The van der Waals surface area contributed by atoms with Gasteiger partial charge in [0.05, 0.1) is 12.3 Å². The van der Waals surface area contributed by atoms with E-state index in [4.69, 9.17) is 5.73 Å². The van der Waals surface area contributed by atoms with Crippen molar-refractivity contribution in [3.05, 3.63) is 18.0 Å². The highest BCUT2D eigenvalue weighted by atomic mass is 16.3. The molecule has 0 unspecified atom stereocenters. The van der Waals surface area contributed by atoms with E-state index in [1.54, 1.807) is 12.3 Å². The first-order valence-corrected chi connectivity index (χ1v) is 7.36. The number of rotatable bonds is 8. The smallest absolute Gasteiger partial charge is 0.268 e. The lowest BCUT2D eigenvalue weighted by molar-refractivity contribution is 0.0843. The highest BCUT2D eigenvalue weighted by Crippen LogP contribution is 2.24. The SMILES string of the molecule is CCCn1cc(N)cc1C(=O)NCC(CC)(CC)CO. The molecule has 1 rings (SSSR count). The molecule has 5 heteroatoms. The first-order chi connectivity index (χ1) is 9.51. The van der Waals surface area contributed by atoms with Crippen molar-refractivity contribution in [2.24, 2.45) is 5.41 Å². The fourth-order valence-corrected chi connectivity index (χ4v) is 2.29. The van der Waals surface area contributed by atoms with Crippen LogP contribution in [0.15, 0.2) is 12.3 Å². The van der Waals surface area contributed by atoms with Crippen molar-refractivity contribution in [2.75, 3.05) is 18.9 Å². The van der Waals surface area contributed by atoms with E-state index in [1.165, 1.54) is 0 Å². The second-order valence-electron chi connectivity index (χ2n) is 5.40. The van der Waals surface area contributed by atoms with Gasteiger partial charge in [0, 0.05) is 24.7 Å². The molecule has 0 spiro atoms. The summed E-state index contributed by atoms with van der Waals surface area (Å²) in [5, 5.41) is 12.5. The lowest BCUT2D eigenvalue weighted by Crippen LogP contribution is -2.40. The average molecular weight is 281 g/mol. The van der Waals surface area contributed by atoms with Crippen LogP contribution in [0.1, 0.15) is 50.5 Å². The molecule has 1 heterocycles. The van der Waals surface area contributed by atoms with E-state index in [0.717, 1.165) is 25.8 Å². The van der Waals surface area contributed by atoms with E-state index in [9.17, 15) is 9.90 Å². The Morgan fingerprint density at radius 3 is 2.55 bits per heavy atom. The van der Waals surface area contributed by atoms with Crippen LogP contribution in [0.2, 0.25) is 0 Å². The van der Waals surface area contributed by atoms with Crippen LogP contribution in [0.5, 0.6) is 0 Å². The molecule has 20 heavy (non-hydrogen) atoms. The van der Waals surface area contributed by atoms with Crippen LogP contribution in [0, 0.1) is 5.41 Å². The van der Waals surface area contributed by atoms with E-state index in [2.05, 4.69) is 12.2 Å². The summed E-state index contributed by atoms with van der Waals surface area (Å²) >= 11 is 0. The Kier molecular flexibility index (Phi) is 6.07. The number of hydrogen-bond acceptors (Lipinski definition) is 3. The van der Waals surface area contributed by atoms with Gasteiger partial charge in [-0.3, -0.25) is 4.79 Å². The van der Waals surface area contributed by atoms with E-state index in [1.807, 2.05) is 18.4 Å². The normalized spacial score (nSPS) is 11.6. The summed E-state index contributed by atoms with van der Waals surface area (Å²) in [6, 6.07) is 1.70. The molecule has 5 nitrogen and oxygen atoms in total. The number of aromatic nitrogens is 1. The molecule has 1 amide bonds. The topological polar surface area (TPSA) is 80.3 Å². The molecule has 114 valence electrons. The number of nitrogens with one attached hydrogen (secondary N) is 1. The first kappa shape index (κ1) is 16.6. The van der Waals surface area contributed by atoms with Crippen molar-refractivity contribution < 1.29 is 9.90 Å². The van der Waals surface area contributed by atoms with Crippen LogP contribution in [-0.2, 0) is 6.54 Å². The van der Waals surface area contributed by atoms with Crippen LogP contribution in [-0.4, -0.2) is 28.7 Å². The second-order valence-corrected chi connectivity index (χ2v) is 5.40. The van der Waals surface area contributed by atoms with Crippen LogP contribution in [0.4, 0.5) is 5.69 Å². The molecule has 0 atom stereocenters. The number of nitrogens with two attached hydrogens (primary N) is 1. The third kappa shape index (κ3) is 3.76. The van der Waals surface area contributed by atoms with Gasteiger partial charge in [-0.25, -0.2) is 0 Å². The van der Waals surface area contributed by atoms with Crippen molar-refractivity contribution in [3.63, 3.8) is 0 Å². The zero-order valence-corrected chi connectivity index (χ0v) is 12.8. The number of aliphatic hydroxyl groups excluding tert-OH is 1. The summed E-state index contributed by atoms with van der Waals surface area (Å²) < 4.78 is 1.88. The zero-order valence-electron chi connectivity index (χ0n) is 12.8. The van der Waals surface area contributed by atoms with Gasteiger partial charge < -0.3 is 20.7 Å². The van der Waals surface area contributed by atoms with Crippen molar-refractivity contribution in [1.29, 1.82) is 0 Å². The third-order valence-electron chi connectivity index (χ3n) is 4.07. The number of nitrogen functional groups attached to an aromatic ring is 1. The van der Waals surface area contributed by atoms with E-state index in [-0.39, 0.29) is 17.9 Å². The Balaban J connectivity index is 2.76. The predicted molar refractivity (Wildman–Crippen MR) is 81.6 cm³/mol. The molecule has 4 N–H and O–H groups in total. The highest BCUT2D eigenvalue weighted by molar-refractivity contribution is 5.93. The van der Waals surface area contributed by atoms with Crippen molar-refractivity contribution >= 4 is 11.6 Å². The number of aliphatic hydroxyl groups is 1. The van der Waals surface area contributed by atoms with Crippen LogP contribution in [0.25, 0.3) is 0 Å².